The van der Waals surface area contributed by atoms with Gasteiger partial charge < -0.3 is 9.72 Å². The largest absolute Gasteiger partial charge is 0.484 e. The number of carbonyl (C=O) groups excluding carboxylic acids is 1. The molecule has 4 aromatic rings. The van der Waals surface area contributed by atoms with Crippen LogP contribution in [0.15, 0.2) is 71.9 Å². The molecule has 1 amide bonds. The normalized spacial score (nSPS) is 11.4. The van der Waals surface area contributed by atoms with Gasteiger partial charge in [-0.2, -0.15) is 0 Å². The van der Waals surface area contributed by atoms with E-state index in [-0.39, 0.29) is 18.5 Å². The quantitative estimate of drug-likeness (QED) is 0.298. The van der Waals surface area contributed by atoms with Gasteiger partial charge in [0.2, 0.25) is 11.9 Å². The predicted octanol–water partition coefficient (Wildman–Crippen LogP) is 3.78. The highest BCUT2D eigenvalue weighted by Gasteiger charge is 2.10. The van der Waals surface area contributed by atoms with E-state index in [0.29, 0.717) is 24.7 Å². The molecule has 0 spiro atoms. The minimum Gasteiger partial charge on any atom is -0.484 e. The van der Waals surface area contributed by atoms with Crippen LogP contribution < -0.4 is 15.4 Å². The van der Waals surface area contributed by atoms with Crippen molar-refractivity contribution >= 4 is 28.7 Å². The van der Waals surface area contributed by atoms with Gasteiger partial charge in [0.15, 0.2) is 6.61 Å². The van der Waals surface area contributed by atoms with Gasteiger partial charge in [-0.3, -0.25) is 20.4 Å². The van der Waals surface area contributed by atoms with Crippen molar-refractivity contribution in [2.24, 2.45) is 4.99 Å². The lowest BCUT2D eigenvalue weighted by Gasteiger charge is -2.12. The zero-order valence-electron chi connectivity index (χ0n) is 18.6. The summed E-state index contributed by atoms with van der Waals surface area (Å²) >= 11 is 0. The second-order valence-corrected chi connectivity index (χ2v) is 7.59. The summed E-state index contributed by atoms with van der Waals surface area (Å²) in [6, 6.07) is 19.2. The first-order chi connectivity index (χ1) is 16.1. The van der Waals surface area contributed by atoms with Crippen LogP contribution in [0.3, 0.4) is 0 Å². The molecule has 0 aliphatic rings. The Morgan fingerprint density at radius 3 is 2.55 bits per heavy atom. The molecule has 33 heavy (non-hydrogen) atoms. The van der Waals surface area contributed by atoms with Gasteiger partial charge in [0.25, 0.3) is 5.91 Å². The Hall–Kier alpha value is -4.20. The van der Waals surface area contributed by atoms with Crippen LogP contribution in [0, 0.1) is 13.8 Å². The number of carbonyl (C=O) groups is 1. The molecule has 168 valence electrons. The fourth-order valence-corrected chi connectivity index (χ4v) is 3.46. The number of aryl methyl sites for hydroxylation is 2. The number of ether oxygens (including phenoxy) is 1. The van der Waals surface area contributed by atoms with Crippen LogP contribution in [0.1, 0.15) is 17.0 Å². The Morgan fingerprint density at radius 1 is 1.03 bits per heavy atom. The van der Waals surface area contributed by atoms with Gasteiger partial charge in [-0.15, -0.1) is 0 Å². The Morgan fingerprint density at radius 2 is 1.76 bits per heavy atom. The molecule has 2 heterocycles. The molecule has 0 fully saturated rings. The second-order valence-electron chi connectivity index (χ2n) is 7.59. The summed E-state index contributed by atoms with van der Waals surface area (Å²) in [6.45, 7) is 4.11. The third-order valence-electron chi connectivity index (χ3n) is 4.91. The number of amides is 1. The number of aromatic amines is 1. The van der Waals surface area contributed by atoms with Crippen molar-refractivity contribution in [3.63, 3.8) is 0 Å². The first-order valence-corrected chi connectivity index (χ1v) is 10.7. The molecule has 2 aromatic heterocycles. The topological polar surface area (TPSA) is 104 Å². The molecule has 4 rings (SSSR count). The van der Waals surface area contributed by atoms with Gasteiger partial charge >= 0.3 is 0 Å². The van der Waals surface area contributed by atoms with Crippen LogP contribution in [-0.4, -0.2) is 40.0 Å². The zero-order valence-corrected chi connectivity index (χ0v) is 18.6. The summed E-state index contributed by atoms with van der Waals surface area (Å²) in [5.74, 6) is 0.946. The number of aliphatic imine (C=N–C) groups is 1. The van der Waals surface area contributed by atoms with Crippen molar-refractivity contribution in [1.29, 1.82) is 0 Å². The number of guanidine groups is 1. The van der Waals surface area contributed by atoms with Gasteiger partial charge in [0, 0.05) is 35.0 Å². The lowest BCUT2D eigenvalue weighted by atomic mass is 10.1. The molecule has 2 aromatic carbocycles. The highest BCUT2D eigenvalue weighted by Crippen LogP contribution is 2.18. The number of anilines is 1. The molecule has 0 aliphatic heterocycles. The Balaban J connectivity index is 1.45. The molecular formula is C25H26N6O2. The van der Waals surface area contributed by atoms with Crippen molar-refractivity contribution in [2.45, 2.75) is 20.3 Å². The van der Waals surface area contributed by atoms with E-state index in [1.165, 1.54) is 5.39 Å². The number of fused-ring (bicyclic) bond motifs is 1. The van der Waals surface area contributed by atoms with E-state index in [1.807, 2.05) is 62.5 Å². The molecule has 0 unspecified atom stereocenters. The van der Waals surface area contributed by atoms with Crippen LogP contribution in [0.25, 0.3) is 10.9 Å². The van der Waals surface area contributed by atoms with E-state index in [9.17, 15) is 4.79 Å². The van der Waals surface area contributed by atoms with Gasteiger partial charge in [-0.05, 0) is 50.1 Å². The minimum atomic E-state index is -0.332. The van der Waals surface area contributed by atoms with Crippen LogP contribution in [0.4, 0.5) is 5.95 Å². The maximum atomic E-state index is 12.5. The summed E-state index contributed by atoms with van der Waals surface area (Å²) in [4.78, 5) is 29.1. The van der Waals surface area contributed by atoms with Crippen LogP contribution in [0.2, 0.25) is 0 Å². The number of benzene rings is 2. The summed E-state index contributed by atoms with van der Waals surface area (Å²) in [7, 11) is 0. The number of hydrogen-bond acceptors (Lipinski definition) is 5. The Labute approximate surface area is 192 Å². The van der Waals surface area contributed by atoms with E-state index < -0.39 is 0 Å². The number of nitrogens with zero attached hydrogens (tertiary/aromatic N) is 3. The van der Waals surface area contributed by atoms with E-state index in [4.69, 9.17) is 4.74 Å². The standard InChI is InChI=1S/C25H26N6O2/c1-17-14-18(2)29-25(28-17)31-24(30-23(32)16-33-20-8-4-3-5-9-20)26-13-12-19-15-27-22-11-7-6-10-21(19)22/h3-11,14-15,27H,12-13,16H2,1-2H3,(H2,26,28,29,30,31,32). The van der Waals surface area contributed by atoms with E-state index in [1.54, 1.807) is 12.1 Å². The smallest absolute Gasteiger partial charge is 0.264 e. The third kappa shape index (κ3) is 6.16. The van der Waals surface area contributed by atoms with Crippen molar-refractivity contribution in [2.75, 3.05) is 18.5 Å². The number of H-pyrrole nitrogens is 1. The van der Waals surface area contributed by atoms with E-state index in [2.05, 4.69) is 36.6 Å². The maximum Gasteiger partial charge on any atom is 0.264 e. The average Bonchev–Trinajstić information content (AvgIpc) is 3.21. The first-order valence-electron chi connectivity index (χ1n) is 10.7. The van der Waals surface area contributed by atoms with Crippen LogP contribution >= 0.6 is 0 Å². The van der Waals surface area contributed by atoms with Crippen molar-refractivity contribution in [1.82, 2.24) is 20.3 Å². The van der Waals surface area contributed by atoms with Crippen LogP contribution in [-0.2, 0) is 11.2 Å². The fourth-order valence-electron chi connectivity index (χ4n) is 3.46. The molecular weight excluding hydrogens is 416 g/mol. The summed E-state index contributed by atoms with van der Waals surface area (Å²) in [5.41, 5.74) is 3.89. The Bertz CT molecular complexity index is 1250. The second kappa shape index (κ2) is 10.4. The number of para-hydroxylation sites is 2. The molecule has 0 saturated heterocycles. The Kier molecular flexibility index (Phi) is 6.94. The van der Waals surface area contributed by atoms with Crippen molar-refractivity contribution < 1.29 is 9.53 Å². The molecule has 0 radical (unpaired) electrons. The first kappa shape index (κ1) is 22.0. The average molecular weight is 443 g/mol. The lowest BCUT2D eigenvalue weighted by Crippen LogP contribution is -2.39. The van der Waals surface area contributed by atoms with E-state index in [0.717, 1.165) is 22.5 Å². The number of aromatic nitrogens is 3. The predicted molar refractivity (Wildman–Crippen MR) is 130 cm³/mol. The van der Waals surface area contributed by atoms with Gasteiger partial charge in [-0.25, -0.2) is 9.97 Å². The van der Waals surface area contributed by atoms with Crippen LogP contribution in [0.5, 0.6) is 5.75 Å². The zero-order chi connectivity index (χ0) is 23.0. The highest BCUT2D eigenvalue weighted by atomic mass is 16.5. The van der Waals surface area contributed by atoms with Crippen molar-refractivity contribution in [3.05, 3.63) is 83.8 Å². The number of rotatable bonds is 7. The van der Waals surface area contributed by atoms with E-state index >= 15 is 0 Å². The summed E-state index contributed by atoms with van der Waals surface area (Å²) in [5, 5.41) is 6.99. The van der Waals surface area contributed by atoms with Crippen molar-refractivity contribution in [3.8, 4) is 5.75 Å². The van der Waals surface area contributed by atoms with Gasteiger partial charge in [0.1, 0.15) is 5.75 Å². The monoisotopic (exact) mass is 442 g/mol. The lowest BCUT2D eigenvalue weighted by molar-refractivity contribution is -0.121. The molecule has 0 saturated carbocycles. The number of nitrogens with one attached hydrogen (secondary N) is 3. The molecule has 8 heteroatoms. The number of hydrogen-bond donors (Lipinski definition) is 3. The maximum absolute atomic E-state index is 12.5. The molecule has 0 atom stereocenters. The molecule has 0 aliphatic carbocycles. The third-order valence-corrected chi connectivity index (χ3v) is 4.91. The fraction of sp³-hybridized carbons (Fsp3) is 0.200. The highest BCUT2D eigenvalue weighted by molar-refractivity contribution is 6.03. The van der Waals surface area contributed by atoms with Gasteiger partial charge in [-0.1, -0.05) is 36.4 Å². The molecule has 0 bridgehead atoms. The minimum absolute atomic E-state index is 0.138. The SMILES string of the molecule is Cc1cc(C)nc(NC(=NCCc2c[nH]c3ccccc23)NC(=O)COc2ccccc2)n1. The summed E-state index contributed by atoms with van der Waals surface area (Å²) in [6.07, 6.45) is 2.70. The molecule has 8 nitrogen and oxygen atoms in total. The summed E-state index contributed by atoms with van der Waals surface area (Å²) < 4.78 is 5.54. The van der Waals surface area contributed by atoms with Gasteiger partial charge in [0.05, 0.1) is 0 Å². The molecule has 3 N–H and O–H groups in total.